The highest BCUT2D eigenvalue weighted by Crippen LogP contribution is 2.22. The predicted octanol–water partition coefficient (Wildman–Crippen LogP) is 3.53. The van der Waals surface area contributed by atoms with E-state index in [-0.39, 0.29) is 5.82 Å². The Bertz CT molecular complexity index is 803. The number of halogens is 2. The first-order valence-electron chi connectivity index (χ1n) is 6.76. The van der Waals surface area contributed by atoms with Gasteiger partial charge in [-0.2, -0.15) is 5.10 Å². The van der Waals surface area contributed by atoms with Gasteiger partial charge in [-0.15, -0.1) is 10.2 Å². The Morgan fingerprint density at radius 3 is 2.61 bits per heavy atom. The van der Waals surface area contributed by atoms with Crippen LogP contribution >= 0.6 is 11.6 Å². The first-order chi connectivity index (χ1) is 11.2. The third-order valence-corrected chi connectivity index (χ3v) is 3.25. The van der Waals surface area contributed by atoms with Gasteiger partial charge >= 0.3 is 0 Å². The van der Waals surface area contributed by atoms with E-state index < -0.39 is 0 Å². The van der Waals surface area contributed by atoms with E-state index in [0.29, 0.717) is 22.9 Å². The molecule has 0 atom stereocenters. The summed E-state index contributed by atoms with van der Waals surface area (Å²) in [5, 5.41) is 12.1. The van der Waals surface area contributed by atoms with Crippen molar-refractivity contribution in [3.05, 3.63) is 77.1 Å². The lowest BCUT2D eigenvalue weighted by molar-refractivity contribution is 0.305. The van der Waals surface area contributed by atoms with E-state index in [4.69, 9.17) is 16.3 Å². The van der Waals surface area contributed by atoms with Gasteiger partial charge in [-0.3, -0.25) is 0 Å². The van der Waals surface area contributed by atoms with Crippen LogP contribution in [0.2, 0.25) is 5.02 Å². The van der Waals surface area contributed by atoms with Crippen LogP contribution in [0.15, 0.2) is 60.2 Å². The molecule has 0 saturated carbocycles. The van der Waals surface area contributed by atoms with Crippen molar-refractivity contribution in [1.82, 2.24) is 14.9 Å². The fourth-order valence-corrected chi connectivity index (χ4v) is 2.06. The molecule has 0 radical (unpaired) electrons. The van der Waals surface area contributed by atoms with Crippen LogP contribution in [0.3, 0.4) is 0 Å². The SMILES string of the molecule is Fc1ccc(COc2ccc(Cl)cc2/C=N/n2cnnc2)cc1. The van der Waals surface area contributed by atoms with Crippen molar-refractivity contribution in [2.24, 2.45) is 5.10 Å². The zero-order chi connectivity index (χ0) is 16.1. The van der Waals surface area contributed by atoms with E-state index in [9.17, 15) is 4.39 Å². The molecular weight excluding hydrogens is 319 g/mol. The summed E-state index contributed by atoms with van der Waals surface area (Å²) in [6.07, 6.45) is 4.55. The standard InChI is InChI=1S/C16H12ClFN4O/c17-14-3-6-16(23-9-12-1-4-15(18)5-2-12)13(7-14)8-21-22-10-19-20-11-22/h1-8,10-11H,9H2/b21-8+. The number of hydrogen-bond acceptors (Lipinski definition) is 4. The zero-order valence-corrected chi connectivity index (χ0v) is 12.7. The van der Waals surface area contributed by atoms with Gasteiger partial charge in [0.2, 0.25) is 0 Å². The summed E-state index contributed by atoms with van der Waals surface area (Å²) in [4.78, 5) is 0. The van der Waals surface area contributed by atoms with Crippen molar-refractivity contribution in [3.8, 4) is 5.75 Å². The number of benzene rings is 2. The van der Waals surface area contributed by atoms with Crippen LogP contribution in [0.1, 0.15) is 11.1 Å². The molecule has 3 rings (SSSR count). The third-order valence-electron chi connectivity index (χ3n) is 3.02. The second-order valence-corrected chi connectivity index (χ2v) is 5.12. The monoisotopic (exact) mass is 330 g/mol. The van der Waals surface area contributed by atoms with Gasteiger partial charge in [0, 0.05) is 10.6 Å². The van der Waals surface area contributed by atoms with Crippen LogP contribution in [0.4, 0.5) is 4.39 Å². The molecule has 23 heavy (non-hydrogen) atoms. The molecule has 0 amide bonds. The van der Waals surface area contributed by atoms with Crippen LogP contribution in [0.5, 0.6) is 5.75 Å². The van der Waals surface area contributed by atoms with Gasteiger partial charge in [0.25, 0.3) is 0 Å². The van der Waals surface area contributed by atoms with E-state index in [1.54, 1.807) is 36.5 Å². The normalized spacial score (nSPS) is 11.0. The largest absolute Gasteiger partial charge is 0.488 e. The van der Waals surface area contributed by atoms with E-state index >= 15 is 0 Å². The quantitative estimate of drug-likeness (QED) is 0.672. The Morgan fingerprint density at radius 2 is 1.87 bits per heavy atom. The Labute approximate surface area is 137 Å². The highest BCUT2D eigenvalue weighted by molar-refractivity contribution is 6.30. The summed E-state index contributed by atoms with van der Waals surface area (Å²) in [7, 11) is 0. The lowest BCUT2D eigenvalue weighted by atomic mass is 10.2. The summed E-state index contributed by atoms with van der Waals surface area (Å²) >= 11 is 6.02. The third kappa shape index (κ3) is 4.14. The summed E-state index contributed by atoms with van der Waals surface area (Å²) in [5.41, 5.74) is 1.58. The maximum absolute atomic E-state index is 12.9. The molecule has 1 heterocycles. The van der Waals surface area contributed by atoms with Gasteiger partial charge in [-0.25, -0.2) is 9.07 Å². The number of nitrogens with zero attached hydrogens (tertiary/aromatic N) is 4. The van der Waals surface area contributed by atoms with Crippen molar-refractivity contribution in [1.29, 1.82) is 0 Å². The maximum atomic E-state index is 12.9. The van der Waals surface area contributed by atoms with Gasteiger partial charge in [0.15, 0.2) is 0 Å². The summed E-state index contributed by atoms with van der Waals surface area (Å²) in [5.74, 6) is 0.345. The molecule has 0 aliphatic carbocycles. The molecule has 0 N–H and O–H groups in total. The fourth-order valence-electron chi connectivity index (χ4n) is 1.88. The lowest BCUT2D eigenvalue weighted by Crippen LogP contribution is -1.99. The van der Waals surface area contributed by atoms with Gasteiger partial charge < -0.3 is 4.74 Å². The van der Waals surface area contributed by atoms with Crippen molar-refractivity contribution in [2.45, 2.75) is 6.61 Å². The van der Waals surface area contributed by atoms with Gasteiger partial charge in [-0.1, -0.05) is 23.7 Å². The number of aromatic nitrogens is 3. The molecule has 0 aliphatic rings. The van der Waals surface area contributed by atoms with Crippen molar-refractivity contribution >= 4 is 17.8 Å². The average Bonchev–Trinajstić information content (AvgIpc) is 3.07. The number of rotatable bonds is 5. The molecule has 0 saturated heterocycles. The van der Waals surface area contributed by atoms with E-state index in [2.05, 4.69) is 15.3 Å². The molecule has 0 fully saturated rings. The highest BCUT2D eigenvalue weighted by atomic mass is 35.5. The minimum absolute atomic E-state index is 0.276. The minimum atomic E-state index is -0.276. The summed E-state index contributed by atoms with van der Waals surface area (Å²) in [6.45, 7) is 0.315. The van der Waals surface area contributed by atoms with Gasteiger partial charge in [-0.05, 0) is 35.9 Å². The highest BCUT2D eigenvalue weighted by Gasteiger charge is 2.04. The van der Waals surface area contributed by atoms with Gasteiger partial charge in [0.1, 0.15) is 30.8 Å². The number of ether oxygens (including phenoxy) is 1. The second-order valence-electron chi connectivity index (χ2n) is 4.68. The zero-order valence-electron chi connectivity index (χ0n) is 11.9. The van der Waals surface area contributed by atoms with Crippen molar-refractivity contribution in [3.63, 3.8) is 0 Å². The molecule has 3 aromatic rings. The maximum Gasteiger partial charge on any atom is 0.141 e. The summed E-state index contributed by atoms with van der Waals surface area (Å²) < 4.78 is 20.1. The molecular formula is C16H12ClFN4O. The Balaban J connectivity index is 1.77. The second kappa shape index (κ2) is 7.02. The molecule has 2 aromatic carbocycles. The van der Waals surface area contributed by atoms with Crippen LogP contribution < -0.4 is 4.74 Å². The Morgan fingerprint density at radius 1 is 1.13 bits per heavy atom. The fraction of sp³-hybridized carbons (Fsp3) is 0.0625. The smallest absolute Gasteiger partial charge is 0.141 e. The molecule has 7 heteroatoms. The minimum Gasteiger partial charge on any atom is -0.488 e. The van der Waals surface area contributed by atoms with Crippen molar-refractivity contribution < 1.29 is 9.13 Å². The van der Waals surface area contributed by atoms with E-state index in [1.807, 2.05) is 0 Å². The molecule has 0 spiro atoms. The summed E-state index contributed by atoms with van der Waals surface area (Å²) in [6, 6.07) is 11.4. The van der Waals surface area contributed by atoms with Gasteiger partial charge in [0.05, 0.1) is 6.21 Å². The van der Waals surface area contributed by atoms with Crippen LogP contribution in [0, 0.1) is 5.82 Å². The molecule has 5 nitrogen and oxygen atoms in total. The first kappa shape index (κ1) is 15.2. The van der Waals surface area contributed by atoms with Crippen LogP contribution in [-0.2, 0) is 6.61 Å². The van der Waals surface area contributed by atoms with E-state index in [1.165, 1.54) is 29.5 Å². The predicted molar refractivity (Wildman–Crippen MR) is 85.2 cm³/mol. The van der Waals surface area contributed by atoms with Crippen LogP contribution in [0.25, 0.3) is 0 Å². The first-order valence-corrected chi connectivity index (χ1v) is 7.14. The molecule has 1 aromatic heterocycles. The molecule has 0 unspecified atom stereocenters. The Hall–Kier alpha value is -2.73. The molecule has 116 valence electrons. The molecule has 0 bridgehead atoms. The van der Waals surface area contributed by atoms with E-state index in [0.717, 1.165) is 5.56 Å². The number of hydrogen-bond donors (Lipinski definition) is 0. The average molecular weight is 331 g/mol. The topological polar surface area (TPSA) is 52.3 Å². The molecule has 0 aliphatic heterocycles. The Kier molecular flexibility index (Phi) is 4.63. The van der Waals surface area contributed by atoms with Crippen molar-refractivity contribution in [2.75, 3.05) is 0 Å². The van der Waals surface area contributed by atoms with Crippen LogP contribution in [-0.4, -0.2) is 21.1 Å². The lowest BCUT2D eigenvalue weighted by Gasteiger charge is -2.09.